The van der Waals surface area contributed by atoms with Gasteiger partial charge >= 0.3 is 0 Å². The predicted molar refractivity (Wildman–Crippen MR) is 89.0 cm³/mol. The van der Waals surface area contributed by atoms with Crippen LogP contribution < -0.4 is 5.32 Å². The predicted octanol–water partition coefficient (Wildman–Crippen LogP) is 3.22. The molecule has 1 unspecified atom stereocenters. The maximum atomic E-state index is 4.54. The van der Waals surface area contributed by atoms with E-state index in [0.29, 0.717) is 0 Å². The molecule has 1 aliphatic rings. The second kappa shape index (κ2) is 6.08. The number of thiazole rings is 1. The molecular weight excluding hydrogens is 294 g/mol. The van der Waals surface area contributed by atoms with Gasteiger partial charge in [-0.1, -0.05) is 20.8 Å². The van der Waals surface area contributed by atoms with Gasteiger partial charge in [0.15, 0.2) is 0 Å². The molecule has 0 saturated heterocycles. The number of hydrogen-bond acceptors (Lipinski definition) is 5. The molecule has 0 aromatic carbocycles. The summed E-state index contributed by atoms with van der Waals surface area (Å²) in [5.41, 5.74) is 0.126. The number of nitrogens with zero attached hydrogens (tertiary/aromatic N) is 4. The summed E-state index contributed by atoms with van der Waals surface area (Å²) in [5, 5.41) is 13.5. The van der Waals surface area contributed by atoms with Crippen LogP contribution in [0.3, 0.4) is 0 Å². The maximum absolute atomic E-state index is 4.54. The van der Waals surface area contributed by atoms with Crippen LogP contribution in [0.2, 0.25) is 0 Å². The number of aryl methyl sites for hydroxylation is 1. The largest absolute Gasteiger partial charge is 0.314 e. The molecule has 0 aliphatic carbocycles. The van der Waals surface area contributed by atoms with E-state index in [-0.39, 0.29) is 11.5 Å². The average molecular weight is 319 g/mol. The minimum Gasteiger partial charge on any atom is -0.314 e. The highest BCUT2D eigenvalue weighted by atomic mass is 32.1. The SMILES string of the molecule is CC(NCc1cnc(C(C)(C)C)s1)c1nnc2n1CCCC2. The fourth-order valence-electron chi connectivity index (χ4n) is 2.73. The minimum atomic E-state index is 0.126. The standard InChI is InChI=1S/C16H25N5S/c1-11(14-20-19-13-7-5-6-8-21(13)14)17-9-12-10-18-15(22-12)16(2,3)4/h10-11,17H,5-9H2,1-4H3. The zero-order chi connectivity index (χ0) is 15.7. The first kappa shape index (κ1) is 15.6. The highest BCUT2D eigenvalue weighted by Gasteiger charge is 2.21. The molecule has 0 saturated carbocycles. The van der Waals surface area contributed by atoms with E-state index in [1.807, 2.05) is 6.20 Å². The van der Waals surface area contributed by atoms with Crippen LogP contribution in [0.1, 0.15) is 68.1 Å². The molecule has 0 amide bonds. The van der Waals surface area contributed by atoms with Crippen molar-refractivity contribution in [1.82, 2.24) is 25.1 Å². The van der Waals surface area contributed by atoms with Crippen LogP contribution in [0.15, 0.2) is 6.20 Å². The van der Waals surface area contributed by atoms with Gasteiger partial charge in [-0.2, -0.15) is 0 Å². The third-order valence-electron chi connectivity index (χ3n) is 4.05. The summed E-state index contributed by atoms with van der Waals surface area (Å²) in [5.74, 6) is 2.21. The lowest BCUT2D eigenvalue weighted by Crippen LogP contribution is -2.23. The number of rotatable bonds is 4. The van der Waals surface area contributed by atoms with E-state index in [1.54, 1.807) is 11.3 Å². The quantitative estimate of drug-likeness (QED) is 0.940. The number of aromatic nitrogens is 4. The van der Waals surface area contributed by atoms with Gasteiger partial charge in [0, 0.05) is 36.0 Å². The summed E-state index contributed by atoms with van der Waals surface area (Å²) in [6.07, 6.45) is 5.51. The molecule has 120 valence electrons. The van der Waals surface area contributed by atoms with Gasteiger partial charge in [0.25, 0.3) is 0 Å². The number of nitrogens with one attached hydrogen (secondary N) is 1. The van der Waals surface area contributed by atoms with Crippen molar-refractivity contribution in [3.05, 3.63) is 27.7 Å². The minimum absolute atomic E-state index is 0.126. The molecule has 6 heteroatoms. The molecule has 1 aliphatic heterocycles. The van der Waals surface area contributed by atoms with Crippen molar-refractivity contribution < 1.29 is 0 Å². The van der Waals surface area contributed by atoms with Crippen LogP contribution in [0, 0.1) is 0 Å². The Morgan fingerprint density at radius 1 is 1.32 bits per heavy atom. The number of fused-ring (bicyclic) bond motifs is 1. The van der Waals surface area contributed by atoms with E-state index in [1.165, 1.54) is 22.7 Å². The molecule has 0 fully saturated rings. The Bertz CT molecular complexity index is 637. The summed E-state index contributed by atoms with van der Waals surface area (Å²) in [6.45, 7) is 10.7. The molecule has 1 atom stereocenters. The zero-order valence-corrected chi connectivity index (χ0v) is 14.7. The molecule has 0 spiro atoms. The normalized spacial score (nSPS) is 16.5. The van der Waals surface area contributed by atoms with Crippen molar-refractivity contribution in [2.75, 3.05) is 0 Å². The van der Waals surface area contributed by atoms with Crippen LogP contribution in [-0.2, 0) is 24.9 Å². The molecule has 1 N–H and O–H groups in total. The fourth-order valence-corrected chi connectivity index (χ4v) is 3.65. The third-order valence-corrected chi connectivity index (χ3v) is 5.48. The van der Waals surface area contributed by atoms with Gasteiger partial charge in [0.2, 0.25) is 0 Å². The van der Waals surface area contributed by atoms with E-state index in [0.717, 1.165) is 31.2 Å². The van der Waals surface area contributed by atoms with Crippen LogP contribution in [0.25, 0.3) is 0 Å². The lowest BCUT2D eigenvalue weighted by Gasteiger charge is -2.18. The molecule has 5 nitrogen and oxygen atoms in total. The lowest BCUT2D eigenvalue weighted by molar-refractivity contribution is 0.466. The van der Waals surface area contributed by atoms with E-state index < -0.39 is 0 Å². The topological polar surface area (TPSA) is 55.6 Å². The first-order chi connectivity index (χ1) is 10.4. The Morgan fingerprint density at radius 2 is 2.14 bits per heavy atom. The van der Waals surface area contributed by atoms with Crippen molar-refractivity contribution in [3.8, 4) is 0 Å². The Hall–Kier alpha value is -1.27. The molecule has 3 rings (SSSR count). The van der Waals surface area contributed by atoms with Crippen molar-refractivity contribution in [3.63, 3.8) is 0 Å². The summed E-state index contributed by atoms with van der Waals surface area (Å²) in [6, 6.07) is 0.208. The monoisotopic (exact) mass is 319 g/mol. The Morgan fingerprint density at radius 3 is 2.86 bits per heavy atom. The summed E-state index contributed by atoms with van der Waals surface area (Å²) < 4.78 is 2.29. The third kappa shape index (κ3) is 3.22. The van der Waals surface area contributed by atoms with Crippen LogP contribution in [0.5, 0.6) is 0 Å². The first-order valence-corrected chi connectivity index (χ1v) is 8.87. The van der Waals surface area contributed by atoms with Gasteiger partial charge in [0.1, 0.15) is 11.6 Å². The van der Waals surface area contributed by atoms with Crippen molar-refractivity contribution in [1.29, 1.82) is 0 Å². The van der Waals surface area contributed by atoms with Gasteiger partial charge in [0.05, 0.1) is 11.0 Å². The Balaban J connectivity index is 1.64. The highest BCUT2D eigenvalue weighted by molar-refractivity contribution is 7.11. The second-order valence-corrected chi connectivity index (χ2v) is 8.18. The summed E-state index contributed by atoms with van der Waals surface area (Å²) in [4.78, 5) is 5.82. The first-order valence-electron chi connectivity index (χ1n) is 8.05. The van der Waals surface area contributed by atoms with Gasteiger partial charge in [-0.25, -0.2) is 4.98 Å². The second-order valence-electron chi connectivity index (χ2n) is 7.07. The van der Waals surface area contributed by atoms with Gasteiger partial charge in [-0.3, -0.25) is 0 Å². The van der Waals surface area contributed by atoms with Crippen molar-refractivity contribution in [2.24, 2.45) is 0 Å². The van der Waals surface area contributed by atoms with E-state index in [2.05, 4.69) is 52.8 Å². The maximum Gasteiger partial charge on any atom is 0.149 e. The Kier molecular flexibility index (Phi) is 4.32. The molecular formula is C16H25N5S. The molecule has 22 heavy (non-hydrogen) atoms. The van der Waals surface area contributed by atoms with Gasteiger partial charge in [-0.15, -0.1) is 21.5 Å². The fraction of sp³-hybridized carbons (Fsp3) is 0.688. The van der Waals surface area contributed by atoms with E-state index in [4.69, 9.17) is 0 Å². The smallest absolute Gasteiger partial charge is 0.149 e. The number of hydrogen-bond donors (Lipinski definition) is 1. The summed E-state index contributed by atoms with van der Waals surface area (Å²) in [7, 11) is 0. The molecule has 0 radical (unpaired) electrons. The van der Waals surface area contributed by atoms with Crippen LogP contribution in [-0.4, -0.2) is 19.7 Å². The van der Waals surface area contributed by atoms with Crippen LogP contribution >= 0.6 is 11.3 Å². The van der Waals surface area contributed by atoms with Crippen LogP contribution in [0.4, 0.5) is 0 Å². The zero-order valence-electron chi connectivity index (χ0n) is 13.9. The van der Waals surface area contributed by atoms with Gasteiger partial charge in [-0.05, 0) is 19.8 Å². The molecule has 2 aromatic rings. The molecule has 0 bridgehead atoms. The van der Waals surface area contributed by atoms with E-state index >= 15 is 0 Å². The average Bonchev–Trinajstić information content (AvgIpc) is 3.11. The summed E-state index contributed by atoms with van der Waals surface area (Å²) >= 11 is 1.79. The lowest BCUT2D eigenvalue weighted by atomic mass is 9.98. The van der Waals surface area contributed by atoms with Crippen molar-refractivity contribution in [2.45, 2.75) is 71.5 Å². The molecule has 2 aromatic heterocycles. The highest BCUT2D eigenvalue weighted by Crippen LogP contribution is 2.27. The van der Waals surface area contributed by atoms with Crippen molar-refractivity contribution >= 4 is 11.3 Å². The molecule has 3 heterocycles. The van der Waals surface area contributed by atoms with E-state index in [9.17, 15) is 0 Å². The van der Waals surface area contributed by atoms with Gasteiger partial charge < -0.3 is 9.88 Å². The Labute approximate surface area is 136 Å².